The van der Waals surface area contributed by atoms with Crippen LogP contribution >= 0.6 is 46.4 Å². The van der Waals surface area contributed by atoms with E-state index < -0.39 is 0 Å². The maximum Gasteiger partial charge on any atom is 0.255 e. The summed E-state index contributed by atoms with van der Waals surface area (Å²) in [6.07, 6.45) is 0. The van der Waals surface area contributed by atoms with Crippen molar-refractivity contribution in [3.05, 3.63) is 56.2 Å². The number of benzene rings is 1. The molecule has 0 aliphatic carbocycles. The van der Waals surface area contributed by atoms with E-state index in [1.54, 1.807) is 18.2 Å². The first-order chi connectivity index (χ1) is 8.94. The summed E-state index contributed by atoms with van der Waals surface area (Å²) in [5, 5.41) is 3.77. The minimum Gasteiger partial charge on any atom is -0.322 e. The van der Waals surface area contributed by atoms with E-state index in [9.17, 15) is 4.79 Å². The van der Waals surface area contributed by atoms with Crippen LogP contribution in [0.2, 0.25) is 20.4 Å². The van der Waals surface area contributed by atoms with Crippen LogP contribution in [0.5, 0.6) is 0 Å². The summed E-state index contributed by atoms with van der Waals surface area (Å²) in [5.41, 5.74) is 0.771. The number of aromatic nitrogens is 1. The Morgan fingerprint density at radius 2 is 1.42 bits per heavy atom. The van der Waals surface area contributed by atoms with Crippen molar-refractivity contribution in [3.63, 3.8) is 0 Å². The number of halogens is 4. The number of hydrogen-bond donors (Lipinski definition) is 1. The Bertz CT molecular complexity index is 605. The Morgan fingerprint density at radius 1 is 0.895 bits per heavy atom. The van der Waals surface area contributed by atoms with Crippen LogP contribution in [-0.2, 0) is 0 Å². The number of carbonyl (C=O) groups is 1. The van der Waals surface area contributed by atoms with Gasteiger partial charge in [-0.3, -0.25) is 4.79 Å². The molecule has 7 heteroatoms. The quantitative estimate of drug-likeness (QED) is 0.789. The van der Waals surface area contributed by atoms with E-state index >= 15 is 0 Å². The van der Waals surface area contributed by atoms with Gasteiger partial charge in [0, 0.05) is 21.3 Å². The van der Waals surface area contributed by atoms with E-state index in [0.29, 0.717) is 21.3 Å². The average molecular weight is 336 g/mol. The third kappa shape index (κ3) is 3.98. The molecule has 0 aliphatic heterocycles. The molecular formula is C12H6Cl4N2O. The fourth-order valence-electron chi connectivity index (χ4n) is 1.43. The second kappa shape index (κ2) is 5.97. The molecule has 0 fully saturated rings. The maximum atomic E-state index is 12.0. The lowest BCUT2D eigenvalue weighted by atomic mass is 10.2. The van der Waals surface area contributed by atoms with Crippen LogP contribution in [0.25, 0.3) is 0 Å². The lowest BCUT2D eigenvalue weighted by molar-refractivity contribution is 0.102. The van der Waals surface area contributed by atoms with Crippen LogP contribution in [0.3, 0.4) is 0 Å². The smallest absolute Gasteiger partial charge is 0.255 e. The maximum absolute atomic E-state index is 12.0. The predicted octanol–water partition coefficient (Wildman–Crippen LogP) is 4.95. The van der Waals surface area contributed by atoms with E-state index in [4.69, 9.17) is 46.4 Å². The molecule has 3 nitrogen and oxygen atoms in total. The first kappa shape index (κ1) is 14.4. The van der Waals surface area contributed by atoms with Crippen LogP contribution < -0.4 is 5.32 Å². The number of rotatable bonds is 2. The number of hydrogen-bond acceptors (Lipinski definition) is 2. The summed E-state index contributed by atoms with van der Waals surface area (Å²) in [6.45, 7) is 0. The molecule has 2 aromatic rings. The molecule has 0 saturated carbocycles. The molecule has 0 radical (unpaired) electrons. The largest absolute Gasteiger partial charge is 0.322 e. The second-order valence-corrected chi connectivity index (χ2v) is 5.26. The minimum absolute atomic E-state index is 0.141. The van der Waals surface area contributed by atoms with Crippen LogP contribution in [0, 0.1) is 0 Å². The summed E-state index contributed by atoms with van der Waals surface area (Å²) in [7, 11) is 0. The van der Waals surface area contributed by atoms with Crippen molar-refractivity contribution in [3.8, 4) is 0 Å². The van der Waals surface area contributed by atoms with E-state index in [1.807, 2.05) is 0 Å². The van der Waals surface area contributed by atoms with Crippen LogP contribution in [0.1, 0.15) is 10.4 Å². The molecule has 0 unspecified atom stereocenters. The van der Waals surface area contributed by atoms with E-state index in [0.717, 1.165) is 0 Å². The van der Waals surface area contributed by atoms with Gasteiger partial charge in [-0.2, -0.15) is 0 Å². The molecule has 0 bridgehead atoms. The highest BCUT2D eigenvalue weighted by molar-refractivity contribution is 6.35. The molecular weight excluding hydrogens is 330 g/mol. The van der Waals surface area contributed by atoms with Crippen LogP contribution in [0.4, 0.5) is 5.69 Å². The van der Waals surface area contributed by atoms with Gasteiger partial charge in [-0.15, -0.1) is 0 Å². The number of anilines is 1. The van der Waals surface area contributed by atoms with E-state index in [-0.39, 0.29) is 16.2 Å². The van der Waals surface area contributed by atoms with Crippen LogP contribution in [-0.4, -0.2) is 10.9 Å². The Balaban J connectivity index is 2.25. The molecule has 1 heterocycles. The highest BCUT2D eigenvalue weighted by Crippen LogP contribution is 2.23. The van der Waals surface area contributed by atoms with Gasteiger partial charge in [-0.25, -0.2) is 4.98 Å². The van der Waals surface area contributed by atoms with Gasteiger partial charge in [0.25, 0.3) is 5.91 Å². The highest BCUT2D eigenvalue weighted by atomic mass is 35.5. The van der Waals surface area contributed by atoms with Crippen LogP contribution in [0.15, 0.2) is 30.3 Å². The zero-order valence-electron chi connectivity index (χ0n) is 9.25. The first-order valence-electron chi connectivity index (χ1n) is 5.04. The van der Waals surface area contributed by atoms with Crippen molar-refractivity contribution >= 4 is 58.0 Å². The van der Waals surface area contributed by atoms with Gasteiger partial charge in [0.2, 0.25) is 0 Å². The molecule has 0 atom stereocenters. The van der Waals surface area contributed by atoms with Gasteiger partial charge in [0.05, 0.1) is 0 Å². The van der Waals surface area contributed by atoms with Crippen molar-refractivity contribution < 1.29 is 4.79 Å². The topological polar surface area (TPSA) is 42.0 Å². The van der Waals surface area contributed by atoms with Crippen molar-refractivity contribution in [1.29, 1.82) is 0 Å². The lowest BCUT2D eigenvalue weighted by Gasteiger charge is -2.07. The number of amides is 1. The molecule has 98 valence electrons. The normalized spacial score (nSPS) is 10.3. The van der Waals surface area contributed by atoms with Crippen molar-refractivity contribution in [2.75, 3.05) is 5.32 Å². The summed E-state index contributed by atoms with van der Waals surface area (Å²) in [4.78, 5) is 15.8. The Labute approximate surface area is 129 Å². The lowest BCUT2D eigenvalue weighted by Crippen LogP contribution is -2.12. The summed E-state index contributed by atoms with van der Waals surface area (Å²) in [5.74, 6) is -0.385. The average Bonchev–Trinajstić information content (AvgIpc) is 2.25. The number of carbonyl (C=O) groups excluding carboxylic acids is 1. The van der Waals surface area contributed by atoms with Gasteiger partial charge in [-0.1, -0.05) is 46.4 Å². The monoisotopic (exact) mass is 334 g/mol. The Hall–Kier alpha value is -1.00. The third-order valence-electron chi connectivity index (χ3n) is 2.15. The molecule has 1 N–H and O–H groups in total. The first-order valence-corrected chi connectivity index (χ1v) is 6.56. The summed E-state index contributed by atoms with van der Waals surface area (Å²) < 4.78 is 0. The standard InChI is InChI=1S/C12H6Cl4N2O/c13-7-3-8(14)5-9(4-7)17-12(19)6-1-10(15)18-11(16)2-6/h1-5H,(H,17,19). The fourth-order valence-corrected chi connectivity index (χ4v) is 2.41. The predicted molar refractivity (Wildman–Crippen MR) is 78.7 cm³/mol. The van der Waals surface area contributed by atoms with Gasteiger partial charge < -0.3 is 5.32 Å². The number of nitrogens with one attached hydrogen (secondary N) is 1. The number of pyridine rings is 1. The van der Waals surface area contributed by atoms with E-state index in [1.165, 1.54) is 12.1 Å². The molecule has 0 saturated heterocycles. The summed E-state index contributed by atoms with van der Waals surface area (Å²) >= 11 is 23.1. The molecule has 1 aromatic heterocycles. The van der Waals surface area contributed by atoms with E-state index in [2.05, 4.69) is 10.3 Å². The van der Waals surface area contributed by atoms with Crippen molar-refractivity contribution in [1.82, 2.24) is 4.98 Å². The number of nitrogens with zero attached hydrogens (tertiary/aromatic N) is 1. The summed E-state index contributed by atoms with van der Waals surface area (Å²) in [6, 6.07) is 7.55. The molecule has 19 heavy (non-hydrogen) atoms. The molecule has 0 spiro atoms. The van der Waals surface area contributed by atoms with Gasteiger partial charge >= 0.3 is 0 Å². The fraction of sp³-hybridized carbons (Fsp3) is 0. The third-order valence-corrected chi connectivity index (χ3v) is 2.97. The Morgan fingerprint density at radius 3 is 1.95 bits per heavy atom. The molecule has 1 amide bonds. The molecule has 0 aliphatic rings. The highest BCUT2D eigenvalue weighted by Gasteiger charge is 2.10. The minimum atomic E-state index is -0.385. The SMILES string of the molecule is O=C(Nc1cc(Cl)cc(Cl)c1)c1cc(Cl)nc(Cl)c1. The zero-order chi connectivity index (χ0) is 14.0. The van der Waals surface area contributed by atoms with Crippen molar-refractivity contribution in [2.45, 2.75) is 0 Å². The van der Waals surface area contributed by atoms with Gasteiger partial charge in [-0.05, 0) is 30.3 Å². The molecule has 2 rings (SSSR count). The molecule has 1 aromatic carbocycles. The van der Waals surface area contributed by atoms with Gasteiger partial charge in [0.15, 0.2) is 0 Å². The Kier molecular flexibility index (Phi) is 4.53. The zero-order valence-corrected chi connectivity index (χ0v) is 12.3. The van der Waals surface area contributed by atoms with Gasteiger partial charge in [0.1, 0.15) is 10.3 Å². The van der Waals surface area contributed by atoms with Crippen molar-refractivity contribution in [2.24, 2.45) is 0 Å². The second-order valence-electron chi connectivity index (χ2n) is 3.61.